The number of hydrogen-bond acceptors (Lipinski definition) is 4. The third-order valence-electron chi connectivity index (χ3n) is 2.99. The molecule has 1 amide bonds. The number of anilines is 2. The predicted molar refractivity (Wildman–Crippen MR) is 77.6 cm³/mol. The monoisotopic (exact) mass is 287 g/mol. The number of carboxylic acids is 1. The summed E-state index contributed by atoms with van der Waals surface area (Å²) in [4.78, 5) is 38.6. The van der Waals surface area contributed by atoms with Crippen molar-refractivity contribution in [1.82, 2.24) is 4.98 Å². The van der Waals surface area contributed by atoms with Crippen molar-refractivity contribution in [3.8, 4) is 0 Å². The molecule has 2 rings (SSSR count). The summed E-state index contributed by atoms with van der Waals surface area (Å²) >= 11 is 0. The highest BCUT2D eigenvalue weighted by molar-refractivity contribution is 6.07. The van der Waals surface area contributed by atoms with E-state index in [-0.39, 0.29) is 16.8 Å². The number of nitrogen functional groups attached to an aromatic ring is 1. The Labute approximate surface area is 119 Å². The molecule has 1 aromatic heterocycles. The Morgan fingerprint density at radius 3 is 2.57 bits per heavy atom. The van der Waals surface area contributed by atoms with Gasteiger partial charge in [0.25, 0.3) is 5.91 Å². The molecule has 0 aliphatic carbocycles. The van der Waals surface area contributed by atoms with Gasteiger partial charge in [-0.2, -0.15) is 0 Å². The molecular formula is C14H13N3O4. The van der Waals surface area contributed by atoms with Gasteiger partial charge in [-0.3, -0.25) is 9.59 Å². The van der Waals surface area contributed by atoms with Gasteiger partial charge in [-0.25, -0.2) is 4.79 Å². The van der Waals surface area contributed by atoms with Crippen molar-refractivity contribution < 1.29 is 14.7 Å². The van der Waals surface area contributed by atoms with E-state index >= 15 is 0 Å². The summed E-state index contributed by atoms with van der Waals surface area (Å²) in [5, 5.41) is 8.88. The van der Waals surface area contributed by atoms with Gasteiger partial charge in [0.15, 0.2) is 5.43 Å². The molecule has 7 heteroatoms. The Bertz CT molecular complexity index is 767. The van der Waals surface area contributed by atoms with Crippen molar-refractivity contribution in [3.05, 3.63) is 58.0 Å². The molecule has 0 aliphatic rings. The van der Waals surface area contributed by atoms with E-state index in [0.29, 0.717) is 5.69 Å². The zero-order valence-corrected chi connectivity index (χ0v) is 11.2. The number of nitrogens with zero attached hydrogens (tertiary/aromatic N) is 1. The second kappa shape index (κ2) is 5.49. The van der Waals surface area contributed by atoms with Crippen molar-refractivity contribution >= 4 is 23.3 Å². The Balaban J connectivity index is 2.39. The van der Waals surface area contributed by atoms with Gasteiger partial charge in [0.1, 0.15) is 5.56 Å². The minimum absolute atomic E-state index is 0.0228. The minimum atomic E-state index is -1.11. The summed E-state index contributed by atoms with van der Waals surface area (Å²) in [7, 11) is 1.46. The Kier molecular flexibility index (Phi) is 3.75. The quantitative estimate of drug-likeness (QED) is 0.726. The molecule has 0 bridgehead atoms. The zero-order chi connectivity index (χ0) is 15.6. The summed E-state index contributed by atoms with van der Waals surface area (Å²) in [6, 6.07) is 5.27. The van der Waals surface area contributed by atoms with Gasteiger partial charge in [0.05, 0.1) is 16.9 Å². The number of nitrogens with one attached hydrogen (secondary N) is 1. The summed E-state index contributed by atoms with van der Waals surface area (Å²) in [5.74, 6) is -1.65. The number of aromatic nitrogens is 1. The standard InChI is InChI=1S/C14H13N3O4/c1-17(13(19)9-7-16-5-4-12(9)18)11-3-2-8(14(20)21)6-10(11)15/h2-7H,15H2,1H3,(H,16,18)(H,20,21). The molecule has 0 atom stereocenters. The molecule has 0 spiro atoms. The van der Waals surface area contributed by atoms with Crippen molar-refractivity contribution in [1.29, 1.82) is 0 Å². The lowest BCUT2D eigenvalue weighted by Crippen LogP contribution is -2.31. The minimum Gasteiger partial charge on any atom is -0.478 e. The van der Waals surface area contributed by atoms with Crippen LogP contribution in [-0.2, 0) is 0 Å². The molecule has 0 unspecified atom stereocenters. The number of H-pyrrole nitrogens is 1. The van der Waals surface area contributed by atoms with E-state index in [1.165, 1.54) is 48.6 Å². The molecule has 108 valence electrons. The molecule has 0 radical (unpaired) electrons. The van der Waals surface area contributed by atoms with E-state index in [9.17, 15) is 14.4 Å². The number of hydrogen-bond donors (Lipinski definition) is 3. The van der Waals surface area contributed by atoms with Gasteiger partial charge in [-0.05, 0) is 18.2 Å². The molecule has 1 aromatic carbocycles. The second-order valence-corrected chi connectivity index (χ2v) is 4.37. The maximum Gasteiger partial charge on any atom is 0.335 e. The SMILES string of the molecule is CN(C(=O)c1c[nH]ccc1=O)c1ccc(C(=O)O)cc1N. The lowest BCUT2D eigenvalue weighted by atomic mass is 10.1. The van der Waals surface area contributed by atoms with E-state index in [0.717, 1.165) is 0 Å². The fourth-order valence-corrected chi connectivity index (χ4v) is 1.87. The fourth-order valence-electron chi connectivity index (χ4n) is 1.87. The third kappa shape index (κ3) is 2.76. The first-order valence-electron chi connectivity index (χ1n) is 6.00. The van der Waals surface area contributed by atoms with Crippen molar-refractivity contribution in [2.75, 3.05) is 17.7 Å². The van der Waals surface area contributed by atoms with Gasteiger partial charge in [-0.15, -0.1) is 0 Å². The number of nitrogens with two attached hydrogens (primary N) is 1. The number of rotatable bonds is 3. The second-order valence-electron chi connectivity index (χ2n) is 4.37. The number of aromatic amines is 1. The van der Waals surface area contributed by atoms with E-state index in [1.807, 2.05) is 0 Å². The van der Waals surface area contributed by atoms with Crippen LogP contribution in [0.3, 0.4) is 0 Å². The number of pyridine rings is 1. The highest BCUT2D eigenvalue weighted by Gasteiger charge is 2.18. The van der Waals surface area contributed by atoms with Crippen LogP contribution >= 0.6 is 0 Å². The largest absolute Gasteiger partial charge is 0.478 e. The summed E-state index contributed by atoms with van der Waals surface area (Å²) in [6.07, 6.45) is 2.73. The lowest BCUT2D eigenvalue weighted by molar-refractivity contribution is 0.0697. The maximum atomic E-state index is 12.3. The molecule has 21 heavy (non-hydrogen) atoms. The van der Waals surface area contributed by atoms with E-state index in [4.69, 9.17) is 10.8 Å². The fraction of sp³-hybridized carbons (Fsp3) is 0.0714. The van der Waals surface area contributed by atoms with Crippen LogP contribution in [0.5, 0.6) is 0 Å². The van der Waals surface area contributed by atoms with Gasteiger partial charge in [-0.1, -0.05) is 0 Å². The topological polar surface area (TPSA) is 116 Å². The van der Waals surface area contributed by atoms with Crippen LogP contribution in [0.1, 0.15) is 20.7 Å². The van der Waals surface area contributed by atoms with Gasteiger partial charge < -0.3 is 20.7 Å². The molecule has 7 nitrogen and oxygen atoms in total. The Morgan fingerprint density at radius 2 is 2.00 bits per heavy atom. The number of carbonyl (C=O) groups excluding carboxylic acids is 1. The molecular weight excluding hydrogens is 274 g/mol. The van der Waals surface area contributed by atoms with E-state index < -0.39 is 17.3 Å². The smallest absolute Gasteiger partial charge is 0.335 e. The first-order valence-corrected chi connectivity index (χ1v) is 6.00. The first-order chi connectivity index (χ1) is 9.91. The Morgan fingerprint density at radius 1 is 1.29 bits per heavy atom. The third-order valence-corrected chi connectivity index (χ3v) is 2.99. The highest BCUT2D eigenvalue weighted by atomic mass is 16.4. The number of carbonyl (C=O) groups is 2. The van der Waals surface area contributed by atoms with Crippen LogP contribution in [0.4, 0.5) is 11.4 Å². The normalized spacial score (nSPS) is 10.1. The maximum absolute atomic E-state index is 12.3. The van der Waals surface area contributed by atoms with Crippen molar-refractivity contribution in [2.24, 2.45) is 0 Å². The average Bonchev–Trinajstić information content (AvgIpc) is 2.46. The van der Waals surface area contributed by atoms with Crippen LogP contribution in [0, 0.1) is 0 Å². The van der Waals surface area contributed by atoms with Crippen LogP contribution in [0.2, 0.25) is 0 Å². The molecule has 4 N–H and O–H groups in total. The van der Waals surface area contributed by atoms with Gasteiger partial charge in [0, 0.05) is 25.5 Å². The van der Waals surface area contributed by atoms with Crippen LogP contribution in [0.15, 0.2) is 41.5 Å². The van der Waals surface area contributed by atoms with Crippen LogP contribution in [-0.4, -0.2) is 29.0 Å². The number of benzene rings is 1. The molecule has 0 aliphatic heterocycles. The van der Waals surface area contributed by atoms with Crippen molar-refractivity contribution in [3.63, 3.8) is 0 Å². The van der Waals surface area contributed by atoms with Gasteiger partial charge in [0.2, 0.25) is 0 Å². The highest BCUT2D eigenvalue weighted by Crippen LogP contribution is 2.24. The predicted octanol–water partition coefficient (Wildman–Crippen LogP) is 0.932. The number of aromatic carboxylic acids is 1. The first kappa shape index (κ1) is 14.3. The van der Waals surface area contributed by atoms with E-state index in [2.05, 4.69) is 4.98 Å². The number of carboxylic acid groups (broad SMARTS) is 1. The Hall–Kier alpha value is -3.09. The van der Waals surface area contributed by atoms with Crippen LogP contribution < -0.4 is 16.1 Å². The summed E-state index contributed by atoms with van der Waals surface area (Å²) in [6.45, 7) is 0. The molecule has 0 saturated carbocycles. The van der Waals surface area contributed by atoms with Crippen LogP contribution in [0.25, 0.3) is 0 Å². The van der Waals surface area contributed by atoms with Gasteiger partial charge >= 0.3 is 5.97 Å². The number of amides is 1. The zero-order valence-electron chi connectivity index (χ0n) is 11.2. The van der Waals surface area contributed by atoms with E-state index in [1.54, 1.807) is 0 Å². The van der Waals surface area contributed by atoms with Crippen molar-refractivity contribution in [2.45, 2.75) is 0 Å². The summed E-state index contributed by atoms with van der Waals surface area (Å²) < 4.78 is 0. The molecule has 1 heterocycles. The molecule has 2 aromatic rings. The average molecular weight is 287 g/mol. The molecule has 0 saturated heterocycles. The lowest BCUT2D eigenvalue weighted by Gasteiger charge is -2.19. The summed E-state index contributed by atoms with van der Waals surface area (Å²) in [5.41, 5.74) is 5.82. The molecule has 0 fully saturated rings.